The van der Waals surface area contributed by atoms with Crippen LogP contribution in [-0.4, -0.2) is 23.4 Å². The Bertz CT molecular complexity index is 799. The van der Waals surface area contributed by atoms with E-state index in [-0.39, 0.29) is 23.2 Å². The minimum absolute atomic E-state index is 0.00506. The van der Waals surface area contributed by atoms with E-state index >= 15 is 0 Å². The van der Waals surface area contributed by atoms with Crippen molar-refractivity contribution in [2.24, 2.45) is 5.73 Å². The summed E-state index contributed by atoms with van der Waals surface area (Å²) in [6.07, 6.45) is 1.21. The summed E-state index contributed by atoms with van der Waals surface area (Å²) in [5, 5.41) is 2.31. The molecule has 22 heavy (non-hydrogen) atoms. The molecular weight excluding hydrogens is 289 g/mol. The second kappa shape index (κ2) is 6.21. The van der Waals surface area contributed by atoms with Gasteiger partial charge in [0.05, 0.1) is 12.1 Å². The standard InChI is InChI=1S/C15H14FN3O3/c1-18-14(21)11-6-10(13(17)20)8-19(15(11)22)7-9-4-2-3-5-12(9)16/h2-6,8H,7H2,1H3,(H2,17,20)(H,18,21). The Kier molecular flexibility index (Phi) is 4.36. The molecule has 0 aliphatic heterocycles. The predicted octanol–water partition coefficient (Wildman–Crippen LogP) is 0.494. The van der Waals surface area contributed by atoms with E-state index in [1.54, 1.807) is 6.07 Å². The van der Waals surface area contributed by atoms with E-state index in [0.29, 0.717) is 0 Å². The fourth-order valence-corrected chi connectivity index (χ4v) is 2.00. The Morgan fingerprint density at radius 2 is 2.00 bits per heavy atom. The molecule has 0 radical (unpaired) electrons. The highest BCUT2D eigenvalue weighted by Gasteiger charge is 2.16. The van der Waals surface area contributed by atoms with Crippen LogP contribution in [0, 0.1) is 5.82 Å². The number of nitrogens with zero attached hydrogens (tertiary/aromatic N) is 1. The smallest absolute Gasteiger partial charge is 0.263 e. The van der Waals surface area contributed by atoms with Gasteiger partial charge in [-0.25, -0.2) is 4.39 Å². The molecule has 2 aromatic rings. The number of rotatable bonds is 4. The topological polar surface area (TPSA) is 94.2 Å². The molecule has 1 aromatic heterocycles. The number of pyridine rings is 1. The average Bonchev–Trinajstić information content (AvgIpc) is 2.50. The van der Waals surface area contributed by atoms with Crippen molar-refractivity contribution < 1.29 is 14.0 Å². The molecule has 3 N–H and O–H groups in total. The van der Waals surface area contributed by atoms with Crippen molar-refractivity contribution in [2.75, 3.05) is 7.05 Å². The van der Waals surface area contributed by atoms with E-state index in [1.807, 2.05) is 0 Å². The van der Waals surface area contributed by atoms with Gasteiger partial charge in [0.2, 0.25) is 5.91 Å². The number of hydrogen-bond donors (Lipinski definition) is 2. The van der Waals surface area contributed by atoms with Gasteiger partial charge in [0, 0.05) is 18.8 Å². The Morgan fingerprint density at radius 1 is 1.32 bits per heavy atom. The van der Waals surface area contributed by atoms with E-state index in [2.05, 4.69) is 5.32 Å². The van der Waals surface area contributed by atoms with Gasteiger partial charge in [0.25, 0.3) is 11.5 Å². The highest BCUT2D eigenvalue weighted by Crippen LogP contribution is 2.09. The monoisotopic (exact) mass is 303 g/mol. The molecule has 2 amide bonds. The van der Waals surface area contributed by atoms with Gasteiger partial charge in [-0.05, 0) is 12.1 Å². The van der Waals surface area contributed by atoms with E-state index in [4.69, 9.17) is 5.73 Å². The maximum atomic E-state index is 13.7. The van der Waals surface area contributed by atoms with E-state index in [9.17, 15) is 18.8 Å². The van der Waals surface area contributed by atoms with Crippen molar-refractivity contribution in [3.63, 3.8) is 0 Å². The lowest BCUT2D eigenvalue weighted by Gasteiger charge is -2.10. The van der Waals surface area contributed by atoms with Gasteiger partial charge in [-0.2, -0.15) is 0 Å². The Balaban J connectivity index is 2.57. The zero-order valence-corrected chi connectivity index (χ0v) is 11.8. The third-order valence-electron chi connectivity index (χ3n) is 3.14. The summed E-state index contributed by atoms with van der Waals surface area (Å²) in [4.78, 5) is 35.4. The van der Waals surface area contributed by atoms with Crippen LogP contribution in [0.5, 0.6) is 0 Å². The second-order valence-electron chi connectivity index (χ2n) is 4.61. The number of nitrogens with two attached hydrogens (primary N) is 1. The lowest BCUT2D eigenvalue weighted by Crippen LogP contribution is -2.33. The molecule has 1 heterocycles. The number of nitrogens with one attached hydrogen (secondary N) is 1. The molecular formula is C15H14FN3O3. The van der Waals surface area contributed by atoms with E-state index in [1.165, 1.54) is 31.4 Å². The van der Waals surface area contributed by atoms with Crippen LogP contribution in [0.2, 0.25) is 0 Å². The largest absolute Gasteiger partial charge is 0.366 e. The molecule has 114 valence electrons. The first kappa shape index (κ1) is 15.4. The van der Waals surface area contributed by atoms with Gasteiger partial charge in [-0.3, -0.25) is 14.4 Å². The van der Waals surface area contributed by atoms with Crippen LogP contribution in [0.3, 0.4) is 0 Å². The molecule has 7 heteroatoms. The van der Waals surface area contributed by atoms with Crippen molar-refractivity contribution in [1.29, 1.82) is 0 Å². The molecule has 0 saturated heterocycles. The minimum atomic E-state index is -0.785. The van der Waals surface area contributed by atoms with Gasteiger partial charge in [-0.15, -0.1) is 0 Å². The third-order valence-corrected chi connectivity index (χ3v) is 3.14. The Morgan fingerprint density at radius 3 is 2.59 bits per heavy atom. The molecule has 0 atom stereocenters. The van der Waals surface area contributed by atoms with Crippen LogP contribution in [0.1, 0.15) is 26.3 Å². The molecule has 6 nitrogen and oxygen atoms in total. The SMILES string of the molecule is CNC(=O)c1cc(C(N)=O)cn(Cc2ccccc2F)c1=O. The Hall–Kier alpha value is -2.96. The number of carbonyl (C=O) groups excluding carboxylic acids is 2. The number of halogens is 1. The normalized spacial score (nSPS) is 10.3. The second-order valence-corrected chi connectivity index (χ2v) is 4.61. The van der Waals surface area contributed by atoms with Crippen molar-refractivity contribution in [3.05, 3.63) is 69.4 Å². The molecule has 0 aliphatic carbocycles. The lowest BCUT2D eigenvalue weighted by molar-refractivity contribution is 0.0961. The first-order valence-electron chi connectivity index (χ1n) is 6.43. The minimum Gasteiger partial charge on any atom is -0.366 e. The van der Waals surface area contributed by atoms with Crippen LogP contribution in [-0.2, 0) is 6.54 Å². The molecule has 0 saturated carbocycles. The molecule has 0 fully saturated rings. The van der Waals surface area contributed by atoms with Gasteiger partial charge in [0.15, 0.2) is 0 Å². The number of benzene rings is 1. The zero-order chi connectivity index (χ0) is 16.3. The molecule has 0 spiro atoms. The molecule has 0 bridgehead atoms. The van der Waals surface area contributed by atoms with E-state index in [0.717, 1.165) is 10.6 Å². The van der Waals surface area contributed by atoms with E-state index < -0.39 is 23.2 Å². The van der Waals surface area contributed by atoms with Crippen molar-refractivity contribution in [2.45, 2.75) is 6.54 Å². The Labute approximate surface area is 125 Å². The number of amides is 2. The van der Waals surface area contributed by atoms with Gasteiger partial charge in [-0.1, -0.05) is 18.2 Å². The van der Waals surface area contributed by atoms with Crippen LogP contribution in [0.15, 0.2) is 41.3 Å². The van der Waals surface area contributed by atoms with Crippen LogP contribution < -0.4 is 16.6 Å². The number of primary amides is 1. The molecule has 2 rings (SSSR count). The highest BCUT2D eigenvalue weighted by molar-refractivity contribution is 5.98. The quantitative estimate of drug-likeness (QED) is 0.861. The van der Waals surface area contributed by atoms with Gasteiger partial charge in [0.1, 0.15) is 11.4 Å². The highest BCUT2D eigenvalue weighted by atomic mass is 19.1. The predicted molar refractivity (Wildman–Crippen MR) is 78.1 cm³/mol. The van der Waals surface area contributed by atoms with Crippen molar-refractivity contribution in [1.82, 2.24) is 9.88 Å². The number of hydrogen-bond acceptors (Lipinski definition) is 3. The average molecular weight is 303 g/mol. The fourth-order valence-electron chi connectivity index (χ4n) is 2.00. The van der Waals surface area contributed by atoms with Crippen LogP contribution in [0.25, 0.3) is 0 Å². The lowest BCUT2D eigenvalue weighted by atomic mass is 10.1. The number of aromatic nitrogens is 1. The first-order chi connectivity index (χ1) is 10.4. The summed E-state index contributed by atoms with van der Waals surface area (Å²) in [5.41, 5.74) is 4.60. The number of carbonyl (C=O) groups is 2. The summed E-state index contributed by atoms with van der Waals surface area (Å²) in [5.74, 6) is -1.91. The maximum Gasteiger partial charge on any atom is 0.263 e. The maximum absolute atomic E-state index is 13.7. The first-order valence-corrected chi connectivity index (χ1v) is 6.43. The summed E-state index contributed by atoms with van der Waals surface area (Å²) < 4.78 is 14.8. The summed E-state index contributed by atoms with van der Waals surface area (Å²) in [6.45, 7) is -0.114. The van der Waals surface area contributed by atoms with Gasteiger partial charge < -0.3 is 15.6 Å². The fraction of sp³-hybridized carbons (Fsp3) is 0.133. The molecule has 1 aromatic carbocycles. The van der Waals surface area contributed by atoms with Crippen LogP contribution in [0.4, 0.5) is 4.39 Å². The molecule has 0 aliphatic rings. The van der Waals surface area contributed by atoms with Crippen LogP contribution >= 0.6 is 0 Å². The summed E-state index contributed by atoms with van der Waals surface area (Å²) in [7, 11) is 1.36. The molecule has 0 unspecified atom stereocenters. The summed E-state index contributed by atoms with van der Waals surface area (Å²) >= 11 is 0. The third kappa shape index (κ3) is 3.03. The summed E-state index contributed by atoms with van der Waals surface area (Å²) in [6, 6.07) is 7.05. The van der Waals surface area contributed by atoms with Crippen molar-refractivity contribution in [3.8, 4) is 0 Å². The zero-order valence-electron chi connectivity index (χ0n) is 11.8. The van der Waals surface area contributed by atoms with Crippen molar-refractivity contribution >= 4 is 11.8 Å². The van der Waals surface area contributed by atoms with Gasteiger partial charge >= 0.3 is 0 Å².